The van der Waals surface area contributed by atoms with Crippen LogP contribution in [-0.2, 0) is 6.42 Å². The lowest BCUT2D eigenvalue weighted by Gasteiger charge is -2.15. The van der Waals surface area contributed by atoms with E-state index in [-0.39, 0.29) is 4.83 Å². The zero-order valence-corrected chi connectivity index (χ0v) is 13.5. The molecule has 2 aromatic carbocycles. The highest BCUT2D eigenvalue weighted by atomic mass is 79.9. The fourth-order valence-corrected chi connectivity index (χ4v) is 3.15. The molecule has 0 heterocycles. The van der Waals surface area contributed by atoms with Gasteiger partial charge in [-0.3, -0.25) is 0 Å². The van der Waals surface area contributed by atoms with Crippen molar-refractivity contribution >= 4 is 15.9 Å². The van der Waals surface area contributed by atoms with Crippen molar-refractivity contribution in [3.63, 3.8) is 0 Å². The molecule has 0 saturated heterocycles. The number of benzene rings is 2. The third-order valence-electron chi connectivity index (χ3n) is 3.52. The van der Waals surface area contributed by atoms with Crippen molar-refractivity contribution in [2.75, 3.05) is 0 Å². The zero-order valence-electron chi connectivity index (χ0n) is 11.9. The van der Waals surface area contributed by atoms with Gasteiger partial charge in [-0.15, -0.1) is 0 Å². The van der Waals surface area contributed by atoms with E-state index in [0.717, 1.165) is 6.42 Å². The van der Waals surface area contributed by atoms with Gasteiger partial charge in [0.1, 0.15) is 0 Å². The second-order valence-electron chi connectivity index (χ2n) is 5.21. The summed E-state index contributed by atoms with van der Waals surface area (Å²) < 4.78 is 0. The SMILES string of the molecule is CCCc1ccc(C(Br)c2cc(C)ccc2C)cc1. The summed E-state index contributed by atoms with van der Waals surface area (Å²) in [4.78, 5) is 0.281. The summed E-state index contributed by atoms with van der Waals surface area (Å²) in [5.74, 6) is 0. The van der Waals surface area contributed by atoms with Crippen LogP contribution in [0.3, 0.4) is 0 Å². The zero-order chi connectivity index (χ0) is 13.8. The van der Waals surface area contributed by atoms with Gasteiger partial charge in [0, 0.05) is 0 Å². The van der Waals surface area contributed by atoms with Crippen LogP contribution in [0.1, 0.15) is 46.0 Å². The molecule has 2 rings (SSSR count). The Balaban J connectivity index is 2.27. The Morgan fingerprint density at radius 1 is 1.00 bits per heavy atom. The van der Waals surface area contributed by atoms with Crippen molar-refractivity contribution in [2.45, 2.75) is 38.4 Å². The Morgan fingerprint density at radius 2 is 1.68 bits per heavy atom. The van der Waals surface area contributed by atoms with Gasteiger partial charge < -0.3 is 0 Å². The highest BCUT2D eigenvalue weighted by Crippen LogP contribution is 2.33. The summed E-state index contributed by atoms with van der Waals surface area (Å²) in [6.07, 6.45) is 2.37. The molecule has 0 nitrogen and oxygen atoms in total. The highest BCUT2D eigenvalue weighted by Gasteiger charge is 2.12. The lowest BCUT2D eigenvalue weighted by atomic mass is 9.97. The molecule has 100 valence electrons. The quantitative estimate of drug-likeness (QED) is 0.631. The molecular weight excluding hydrogens is 296 g/mol. The number of rotatable bonds is 4. The molecule has 19 heavy (non-hydrogen) atoms. The Hall–Kier alpha value is -1.08. The topological polar surface area (TPSA) is 0 Å². The fourth-order valence-electron chi connectivity index (χ4n) is 2.35. The third-order valence-corrected chi connectivity index (χ3v) is 4.54. The van der Waals surface area contributed by atoms with Gasteiger partial charge >= 0.3 is 0 Å². The molecule has 0 fully saturated rings. The van der Waals surface area contributed by atoms with Crippen LogP contribution in [0.5, 0.6) is 0 Å². The maximum Gasteiger partial charge on any atom is 0.0647 e. The average molecular weight is 317 g/mol. The first-order valence-corrected chi connectivity index (χ1v) is 7.83. The standard InChI is InChI=1S/C18H21Br/c1-4-5-15-8-10-16(11-9-15)18(19)17-12-13(2)6-7-14(17)3/h6-12,18H,4-5H2,1-3H3. The van der Waals surface area contributed by atoms with Crippen molar-refractivity contribution in [3.05, 3.63) is 70.3 Å². The fraction of sp³-hybridized carbons (Fsp3) is 0.333. The van der Waals surface area contributed by atoms with Gasteiger partial charge in [0.15, 0.2) is 0 Å². The molecule has 0 aliphatic heterocycles. The predicted molar refractivity (Wildman–Crippen MR) is 87.1 cm³/mol. The van der Waals surface area contributed by atoms with Crippen LogP contribution in [0.2, 0.25) is 0 Å². The van der Waals surface area contributed by atoms with Crippen molar-refractivity contribution in [2.24, 2.45) is 0 Å². The minimum atomic E-state index is 0.281. The van der Waals surface area contributed by atoms with E-state index in [9.17, 15) is 0 Å². The van der Waals surface area contributed by atoms with E-state index in [1.54, 1.807) is 0 Å². The molecule has 0 aromatic heterocycles. The Morgan fingerprint density at radius 3 is 2.32 bits per heavy atom. The molecule has 0 spiro atoms. The molecule has 1 heteroatoms. The number of aryl methyl sites for hydroxylation is 3. The summed E-state index contributed by atoms with van der Waals surface area (Å²) in [5.41, 5.74) is 6.77. The van der Waals surface area contributed by atoms with Gasteiger partial charge in [0.05, 0.1) is 4.83 Å². The van der Waals surface area contributed by atoms with Crippen LogP contribution in [0.25, 0.3) is 0 Å². The minimum Gasteiger partial charge on any atom is -0.0786 e. The van der Waals surface area contributed by atoms with Gasteiger partial charge in [-0.25, -0.2) is 0 Å². The first-order valence-electron chi connectivity index (χ1n) is 6.92. The monoisotopic (exact) mass is 316 g/mol. The van der Waals surface area contributed by atoms with Gasteiger partial charge in [-0.1, -0.05) is 77.3 Å². The Bertz CT molecular complexity index is 540. The van der Waals surface area contributed by atoms with Crippen LogP contribution in [0.15, 0.2) is 42.5 Å². The van der Waals surface area contributed by atoms with E-state index >= 15 is 0 Å². The van der Waals surface area contributed by atoms with E-state index in [1.165, 1.54) is 34.2 Å². The van der Waals surface area contributed by atoms with Crippen LogP contribution in [0, 0.1) is 13.8 Å². The van der Waals surface area contributed by atoms with Crippen LogP contribution >= 0.6 is 15.9 Å². The van der Waals surface area contributed by atoms with E-state index in [4.69, 9.17) is 0 Å². The van der Waals surface area contributed by atoms with Crippen LogP contribution in [0.4, 0.5) is 0 Å². The molecule has 0 aliphatic carbocycles. The molecule has 0 bridgehead atoms. The lowest BCUT2D eigenvalue weighted by Crippen LogP contribution is -1.97. The molecule has 0 amide bonds. The summed E-state index contributed by atoms with van der Waals surface area (Å²) >= 11 is 3.84. The van der Waals surface area contributed by atoms with Crippen LogP contribution in [-0.4, -0.2) is 0 Å². The van der Waals surface area contributed by atoms with E-state index in [0.29, 0.717) is 0 Å². The van der Waals surface area contributed by atoms with Gasteiger partial charge in [0.2, 0.25) is 0 Å². The summed E-state index contributed by atoms with van der Waals surface area (Å²) in [6, 6.07) is 15.6. The molecule has 1 unspecified atom stereocenters. The second kappa shape index (κ2) is 6.38. The van der Waals surface area contributed by atoms with Crippen molar-refractivity contribution in [1.29, 1.82) is 0 Å². The maximum absolute atomic E-state index is 3.84. The first kappa shape index (κ1) is 14.3. The Labute approximate surface area is 125 Å². The lowest BCUT2D eigenvalue weighted by molar-refractivity contribution is 0.920. The van der Waals surface area contributed by atoms with Crippen molar-refractivity contribution < 1.29 is 0 Å². The molecule has 0 saturated carbocycles. The smallest absolute Gasteiger partial charge is 0.0647 e. The molecule has 0 radical (unpaired) electrons. The number of alkyl halides is 1. The molecule has 0 N–H and O–H groups in total. The van der Waals surface area contributed by atoms with Gasteiger partial charge in [-0.05, 0) is 42.5 Å². The van der Waals surface area contributed by atoms with Crippen molar-refractivity contribution in [1.82, 2.24) is 0 Å². The first-order chi connectivity index (χ1) is 9.11. The van der Waals surface area contributed by atoms with E-state index in [2.05, 4.69) is 79.2 Å². The maximum atomic E-state index is 3.84. The average Bonchev–Trinajstić information content (AvgIpc) is 2.42. The molecule has 2 aromatic rings. The van der Waals surface area contributed by atoms with E-state index < -0.39 is 0 Å². The number of halogens is 1. The van der Waals surface area contributed by atoms with Crippen molar-refractivity contribution in [3.8, 4) is 0 Å². The number of hydrogen-bond acceptors (Lipinski definition) is 0. The van der Waals surface area contributed by atoms with Gasteiger partial charge in [0.25, 0.3) is 0 Å². The summed E-state index contributed by atoms with van der Waals surface area (Å²) in [7, 11) is 0. The molecule has 1 atom stereocenters. The number of hydrogen-bond donors (Lipinski definition) is 0. The van der Waals surface area contributed by atoms with Gasteiger partial charge in [-0.2, -0.15) is 0 Å². The minimum absolute atomic E-state index is 0.281. The normalized spacial score (nSPS) is 12.4. The van der Waals surface area contributed by atoms with E-state index in [1.807, 2.05) is 0 Å². The molecule has 0 aliphatic rings. The predicted octanol–water partition coefficient (Wildman–Crippen LogP) is 5.74. The second-order valence-corrected chi connectivity index (χ2v) is 6.13. The van der Waals surface area contributed by atoms with Crippen LogP contribution < -0.4 is 0 Å². The Kier molecular flexibility index (Phi) is 4.81. The summed E-state index contributed by atoms with van der Waals surface area (Å²) in [6.45, 7) is 6.54. The summed E-state index contributed by atoms with van der Waals surface area (Å²) in [5, 5.41) is 0. The molecular formula is C18H21Br. The highest BCUT2D eigenvalue weighted by molar-refractivity contribution is 9.09. The third kappa shape index (κ3) is 3.48. The largest absolute Gasteiger partial charge is 0.0786 e.